The third-order valence-electron chi connectivity index (χ3n) is 2.73. The lowest BCUT2D eigenvalue weighted by molar-refractivity contribution is 0.0691. The van der Waals surface area contributed by atoms with Gasteiger partial charge in [0.05, 0.1) is 18.1 Å². The van der Waals surface area contributed by atoms with Crippen molar-refractivity contribution in [2.24, 2.45) is 5.14 Å². The first-order valence-electron chi connectivity index (χ1n) is 6.67. The zero-order chi connectivity index (χ0) is 15.7. The fourth-order valence-corrected chi connectivity index (χ4v) is 2.29. The fourth-order valence-electron chi connectivity index (χ4n) is 1.69. The zero-order valence-electron chi connectivity index (χ0n) is 12.2. The number of ether oxygens (including phenoxy) is 2. The summed E-state index contributed by atoms with van der Waals surface area (Å²) in [6, 6.07) is 4.48. The molecule has 0 aliphatic heterocycles. The van der Waals surface area contributed by atoms with Crippen LogP contribution >= 0.6 is 0 Å². The number of benzene rings is 1. The summed E-state index contributed by atoms with van der Waals surface area (Å²) < 4.78 is 32.8. The van der Waals surface area contributed by atoms with Gasteiger partial charge in [0.15, 0.2) is 0 Å². The molecule has 1 aromatic rings. The Morgan fingerprint density at radius 3 is 2.57 bits per heavy atom. The Kier molecular flexibility index (Phi) is 7.44. The van der Waals surface area contributed by atoms with Crippen LogP contribution in [0.4, 0.5) is 11.4 Å². The summed E-state index contributed by atoms with van der Waals surface area (Å²) >= 11 is 0. The van der Waals surface area contributed by atoms with Crippen LogP contribution in [0.5, 0.6) is 0 Å². The maximum Gasteiger partial charge on any atom is 0.238 e. The highest BCUT2D eigenvalue weighted by atomic mass is 32.2. The van der Waals surface area contributed by atoms with E-state index < -0.39 is 10.0 Å². The van der Waals surface area contributed by atoms with Crippen molar-refractivity contribution in [1.82, 2.24) is 0 Å². The third-order valence-corrected chi connectivity index (χ3v) is 3.63. The maximum absolute atomic E-state index is 11.3. The second kappa shape index (κ2) is 8.83. The molecule has 120 valence electrons. The van der Waals surface area contributed by atoms with Gasteiger partial charge in [-0.2, -0.15) is 0 Å². The monoisotopic (exact) mass is 317 g/mol. The Balaban J connectivity index is 2.34. The van der Waals surface area contributed by atoms with E-state index in [0.717, 1.165) is 12.8 Å². The summed E-state index contributed by atoms with van der Waals surface area (Å²) in [6.07, 6.45) is 1.80. The van der Waals surface area contributed by atoms with Crippen molar-refractivity contribution in [2.45, 2.75) is 17.7 Å². The molecular weight excluding hydrogens is 294 g/mol. The van der Waals surface area contributed by atoms with E-state index in [-0.39, 0.29) is 4.90 Å². The molecule has 5 N–H and O–H groups in total. The molecule has 0 atom stereocenters. The first-order valence-corrected chi connectivity index (χ1v) is 8.22. The number of unbranched alkanes of at least 4 members (excludes halogenated alkanes) is 1. The van der Waals surface area contributed by atoms with Crippen LogP contribution in [0.2, 0.25) is 0 Å². The molecule has 0 fully saturated rings. The standard InChI is InChI=1S/C13H23N3O4S/c1-19-6-7-20-5-3-2-4-16-12-8-11(14)9-13(10-12)21(15,17)18/h8-10,16H,2-7,14H2,1H3,(H2,15,17,18). The van der Waals surface area contributed by atoms with Crippen LogP contribution in [0.1, 0.15) is 12.8 Å². The molecule has 0 saturated heterocycles. The molecule has 0 unspecified atom stereocenters. The number of nitrogen functional groups attached to an aromatic ring is 1. The lowest BCUT2D eigenvalue weighted by atomic mass is 10.2. The summed E-state index contributed by atoms with van der Waals surface area (Å²) in [5, 5.41) is 8.21. The molecule has 0 amide bonds. The van der Waals surface area contributed by atoms with Crippen LogP contribution in [0, 0.1) is 0 Å². The van der Waals surface area contributed by atoms with Gasteiger partial charge >= 0.3 is 0 Å². The molecule has 0 spiro atoms. The number of hydrogen-bond acceptors (Lipinski definition) is 6. The van der Waals surface area contributed by atoms with Gasteiger partial charge in [-0.3, -0.25) is 0 Å². The average Bonchev–Trinajstić information content (AvgIpc) is 2.40. The minimum atomic E-state index is -3.75. The Morgan fingerprint density at radius 2 is 1.90 bits per heavy atom. The van der Waals surface area contributed by atoms with Gasteiger partial charge in [0.1, 0.15) is 0 Å². The van der Waals surface area contributed by atoms with Gasteiger partial charge in [0, 0.05) is 31.6 Å². The normalized spacial score (nSPS) is 11.5. The number of nitrogens with two attached hydrogens (primary N) is 2. The molecule has 0 radical (unpaired) electrons. The fraction of sp³-hybridized carbons (Fsp3) is 0.538. The lowest BCUT2D eigenvalue weighted by Gasteiger charge is -2.09. The number of primary sulfonamides is 1. The third kappa shape index (κ3) is 7.28. The van der Waals surface area contributed by atoms with E-state index in [1.165, 1.54) is 12.1 Å². The Morgan fingerprint density at radius 1 is 1.14 bits per heavy atom. The molecule has 0 saturated carbocycles. The van der Waals surface area contributed by atoms with Crippen molar-refractivity contribution in [3.05, 3.63) is 18.2 Å². The minimum absolute atomic E-state index is 0.00731. The molecule has 0 aromatic heterocycles. The van der Waals surface area contributed by atoms with Gasteiger partial charge in [-0.05, 0) is 31.0 Å². The maximum atomic E-state index is 11.3. The number of methoxy groups -OCH3 is 1. The molecule has 8 heteroatoms. The van der Waals surface area contributed by atoms with E-state index in [1.807, 2.05) is 0 Å². The summed E-state index contributed by atoms with van der Waals surface area (Å²) in [5.41, 5.74) is 6.65. The molecule has 7 nitrogen and oxygen atoms in total. The predicted molar refractivity (Wildman–Crippen MR) is 82.6 cm³/mol. The van der Waals surface area contributed by atoms with Crippen LogP contribution in [0.15, 0.2) is 23.1 Å². The van der Waals surface area contributed by atoms with Crippen LogP contribution in [-0.4, -0.2) is 41.9 Å². The molecule has 0 bridgehead atoms. The van der Waals surface area contributed by atoms with E-state index >= 15 is 0 Å². The summed E-state index contributed by atoms with van der Waals surface area (Å²) in [7, 11) is -2.11. The highest BCUT2D eigenvalue weighted by molar-refractivity contribution is 7.89. The summed E-state index contributed by atoms with van der Waals surface area (Å²) in [4.78, 5) is 0.00731. The Bertz CT molecular complexity index is 534. The Labute approximate surface area is 125 Å². The smallest absolute Gasteiger partial charge is 0.238 e. The van der Waals surface area contributed by atoms with Crippen LogP contribution < -0.4 is 16.2 Å². The van der Waals surface area contributed by atoms with Crippen LogP contribution in [0.3, 0.4) is 0 Å². The summed E-state index contributed by atoms with van der Waals surface area (Å²) in [5.74, 6) is 0. The van der Waals surface area contributed by atoms with Crippen molar-refractivity contribution in [1.29, 1.82) is 0 Å². The van der Waals surface area contributed by atoms with Gasteiger partial charge < -0.3 is 20.5 Å². The Hall–Kier alpha value is -1.35. The second-order valence-electron chi connectivity index (χ2n) is 4.57. The highest BCUT2D eigenvalue weighted by Crippen LogP contribution is 2.19. The van der Waals surface area contributed by atoms with Crippen molar-refractivity contribution in [3.63, 3.8) is 0 Å². The zero-order valence-corrected chi connectivity index (χ0v) is 13.0. The van der Waals surface area contributed by atoms with Crippen molar-refractivity contribution in [2.75, 3.05) is 44.5 Å². The topological polar surface area (TPSA) is 117 Å². The van der Waals surface area contributed by atoms with E-state index in [2.05, 4.69) is 5.32 Å². The highest BCUT2D eigenvalue weighted by Gasteiger charge is 2.09. The van der Waals surface area contributed by atoms with Gasteiger partial charge in [-0.1, -0.05) is 0 Å². The van der Waals surface area contributed by atoms with E-state index in [0.29, 0.717) is 37.7 Å². The van der Waals surface area contributed by atoms with Gasteiger partial charge in [-0.15, -0.1) is 0 Å². The lowest BCUT2D eigenvalue weighted by Crippen LogP contribution is -2.13. The van der Waals surface area contributed by atoms with Crippen LogP contribution in [0.25, 0.3) is 0 Å². The number of rotatable bonds is 10. The SMILES string of the molecule is COCCOCCCCNc1cc(N)cc(S(N)(=O)=O)c1. The first-order chi connectivity index (χ1) is 9.93. The van der Waals surface area contributed by atoms with Gasteiger partial charge in [0.25, 0.3) is 0 Å². The number of anilines is 2. The number of nitrogens with one attached hydrogen (secondary N) is 1. The number of sulfonamides is 1. The predicted octanol–water partition coefficient (Wildman–Crippen LogP) is 0.771. The molecular formula is C13H23N3O4S. The molecule has 0 aliphatic carbocycles. The number of hydrogen-bond donors (Lipinski definition) is 3. The van der Waals surface area contributed by atoms with Gasteiger partial charge in [-0.25, -0.2) is 13.6 Å². The molecule has 0 heterocycles. The van der Waals surface area contributed by atoms with Crippen molar-refractivity contribution in [3.8, 4) is 0 Å². The van der Waals surface area contributed by atoms with E-state index in [9.17, 15) is 8.42 Å². The minimum Gasteiger partial charge on any atom is -0.399 e. The largest absolute Gasteiger partial charge is 0.399 e. The van der Waals surface area contributed by atoms with Crippen molar-refractivity contribution < 1.29 is 17.9 Å². The molecule has 21 heavy (non-hydrogen) atoms. The molecule has 1 rings (SSSR count). The van der Waals surface area contributed by atoms with E-state index in [1.54, 1.807) is 13.2 Å². The second-order valence-corrected chi connectivity index (χ2v) is 6.14. The van der Waals surface area contributed by atoms with E-state index in [4.69, 9.17) is 20.3 Å². The molecule has 0 aliphatic rings. The quantitative estimate of drug-likeness (QED) is 0.433. The average molecular weight is 317 g/mol. The first kappa shape index (κ1) is 17.7. The molecule has 1 aromatic carbocycles. The van der Waals surface area contributed by atoms with Crippen molar-refractivity contribution >= 4 is 21.4 Å². The van der Waals surface area contributed by atoms with Crippen LogP contribution in [-0.2, 0) is 19.5 Å². The summed E-state index contributed by atoms with van der Waals surface area (Å²) in [6.45, 7) is 2.56. The van der Waals surface area contributed by atoms with Gasteiger partial charge in [0.2, 0.25) is 10.0 Å².